The maximum Gasteiger partial charge on any atom is 0.0553 e. The SMILES string of the molecule is CC(CN(C)C)CN1c2ccccc2Sc2ccccc21.CCN(CC)C(C)CN1c2ccccc2Sc2ccccc21. The zero-order chi connectivity index (χ0) is 30.3. The van der Waals surface area contributed by atoms with Crippen molar-refractivity contribution in [3.63, 3.8) is 0 Å². The van der Waals surface area contributed by atoms with Crippen molar-refractivity contribution in [3.05, 3.63) is 97.1 Å². The lowest BCUT2D eigenvalue weighted by Crippen LogP contribution is -2.41. The Kier molecular flexibility index (Phi) is 10.8. The number of para-hydroxylation sites is 4. The van der Waals surface area contributed by atoms with Crippen molar-refractivity contribution in [2.24, 2.45) is 5.92 Å². The molecule has 0 amide bonds. The maximum atomic E-state index is 2.52. The van der Waals surface area contributed by atoms with Gasteiger partial charge < -0.3 is 14.7 Å². The van der Waals surface area contributed by atoms with E-state index < -0.39 is 0 Å². The molecule has 0 N–H and O–H groups in total. The Labute approximate surface area is 268 Å². The number of nitrogens with zero attached hydrogens (tertiary/aromatic N) is 4. The first kappa shape index (κ1) is 31.5. The first-order valence-electron chi connectivity index (χ1n) is 15.5. The van der Waals surface area contributed by atoms with Crippen molar-refractivity contribution in [3.8, 4) is 0 Å². The van der Waals surface area contributed by atoms with Crippen LogP contribution >= 0.6 is 23.5 Å². The monoisotopic (exact) mass is 610 g/mol. The fraction of sp³-hybridized carbons (Fsp3) is 0.351. The van der Waals surface area contributed by atoms with Crippen molar-refractivity contribution in [2.75, 3.05) is 56.6 Å². The molecule has 6 rings (SSSR count). The Morgan fingerprint density at radius 1 is 0.558 bits per heavy atom. The van der Waals surface area contributed by atoms with Crippen LogP contribution in [0, 0.1) is 5.92 Å². The Balaban J connectivity index is 0.000000171. The van der Waals surface area contributed by atoms with Crippen molar-refractivity contribution < 1.29 is 0 Å². The molecule has 2 aliphatic heterocycles. The highest BCUT2D eigenvalue weighted by Gasteiger charge is 2.26. The summed E-state index contributed by atoms with van der Waals surface area (Å²) in [6.07, 6.45) is 0. The number of fused-ring (bicyclic) bond motifs is 4. The van der Waals surface area contributed by atoms with E-state index in [1.165, 1.54) is 42.3 Å². The maximum absolute atomic E-state index is 2.52. The molecule has 2 unspecified atom stereocenters. The van der Waals surface area contributed by atoms with Gasteiger partial charge in [-0.15, -0.1) is 0 Å². The van der Waals surface area contributed by atoms with Gasteiger partial charge in [0.2, 0.25) is 0 Å². The van der Waals surface area contributed by atoms with Crippen LogP contribution in [0.3, 0.4) is 0 Å². The molecule has 0 fully saturated rings. The Morgan fingerprint density at radius 2 is 0.907 bits per heavy atom. The van der Waals surface area contributed by atoms with Gasteiger partial charge in [-0.1, -0.05) is 92.8 Å². The molecule has 0 spiro atoms. The molecular weight excluding hydrogens is 565 g/mol. The van der Waals surface area contributed by atoms with E-state index in [9.17, 15) is 0 Å². The molecule has 2 atom stereocenters. The smallest absolute Gasteiger partial charge is 0.0553 e. The van der Waals surface area contributed by atoms with Gasteiger partial charge in [0.05, 0.1) is 22.7 Å². The van der Waals surface area contributed by atoms with Crippen LogP contribution in [-0.2, 0) is 0 Å². The highest BCUT2D eigenvalue weighted by atomic mass is 32.2. The topological polar surface area (TPSA) is 13.0 Å². The summed E-state index contributed by atoms with van der Waals surface area (Å²) in [6, 6.07) is 35.5. The van der Waals surface area contributed by atoms with E-state index in [0.29, 0.717) is 12.0 Å². The van der Waals surface area contributed by atoms with E-state index in [-0.39, 0.29) is 0 Å². The minimum atomic E-state index is 0.527. The summed E-state index contributed by atoms with van der Waals surface area (Å²) >= 11 is 3.75. The summed E-state index contributed by atoms with van der Waals surface area (Å²) in [5.74, 6) is 0.615. The average molecular weight is 611 g/mol. The number of hydrogen-bond donors (Lipinski definition) is 0. The van der Waals surface area contributed by atoms with Gasteiger partial charge in [-0.3, -0.25) is 4.90 Å². The second kappa shape index (κ2) is 14.7. The van der Waals surface area contributed by atoms with Crippen LogP contribution in [0.1, 0.15) is 27.7 Å². The molecule has 0 saturated heterocycles. The molecule has 43 heavy (non-hydrogen) atoms. The van der Waals surface area contributed by atoms with E-state index in [1.54, 1.807) is 0 Å². The standard InChI is InChI=1S/C19H24N2S.C18H22N2S/c1-4-20(5-2)15(3)14-21-16-10-6-8-12-18(16)22-19-13-9-7-11-17(19)21;1-14(12-19(2)3)13-20-15-8-4-6-10-17(15)21-18-11-7-5-9-16(18)20/h6-13,15H,4-5,14H2,1-3H3;4-11,14H,12-13H2,1-3H3. The quantitative estimate of drug-likeness (QED) is 0.186. The average Bonchev–Trinajstić information content (AvgIpc) is 3.01. The van der Waals surface area contributed by atoms with Crippen LogP contribution in [0.25, 0.3) is 0 Å². The molecule has 0 radical (unpaired) electrons. The van der Waals surface area contributed by atoms with Gasteiger partial charge in [0.15, 0.2) is 0 Å². The summed E-state index contributed by atoms with van der Waals surface area (Å²) in [6.45, 7) is 14.5. The Hall–Kier alpha value is -2.90. The third-order valence-corrected chi connectivity index (χ3v) is 10.4. The van der Waals surface area contributed by atoms with Gasteiger partial charge in [0.1, 0.15) is 0 Å². The van der Waals surface area contributed by atoms with Gasteiger partial charge in [0, 0.05) is 45.3 Å². The molecule has 0 aromatic heterocycles. The summed E-state index contributed by atoms with van der Waals surface area (Å²) in [4.78, 5) is 15.2. The third kappa shape index (κ3) is 7.43. The molecule has 0 saturated carbocycles. The summed E-state index contributed by atoms with van der Waals surface area (Å²) in [5, 5.41) is 0. The summed E-state index contributed by atoms with van der Waals surface area (Å²) in [5.41, 5.74) is 5.36. The molecular formula is C37H46N4S2. The zero-order valence-corrected chi connectivity index (χ0v) is 28.2. The number of anilines is 4. The highest BCUT2D eigenvalue weighted by molar-refractivity contribution is 8.00. The molecule has 4 nitrogen and oxygen atoms in total. The minimum Gasteiger partial charge on any atom is -0.339 e. The van der Waals surface area contributed by atoms with Gasteiger partial charge in [-0.25, -0.2) is 0 Å². The van der Waals surface area contributed by atoms with E-state index in [2.05, 4.69) is 158 Å². The van der Waals surface area contributed by atoms with E-state index in [0.717, 1.165) is 32.7 Å². The molecule has 4 aromatic rings. The van der Waals surface area contributed by atoms with Crippen LogP contribution in [0.15, 0.2) is 117 Å². The predicted molar refractivity (Wildman–Crippen MR) is 188 cm³/mol. The fourth-order valence-corrected chi connectivity index (χ4v) is 8.37. The molecule has 0 bridgehead atoms. The summed E-state index contributed by atoms with van der Waals surface area (Å²) in [7, 11) is 4.29. The minimum absolute atomic E-state index is 0.527. The summed E-state index contributed by atoms with van der Waals surface area (Å²) < 4.78 is 0. The number of likely N-dealkylation sites (N-methyl/N-ethyl adjacent to an activating group) is 1. The van der Waals surface area contributed by atoms with Gasteiger partial charge >= 0.3 is 0 Å². The Bertz CT molecular complexity index is 1390. The molecule has 4 aromatic carbocycles. The van der Waals surface area contributed by atoms with Crippen molar-refractivity contribution >= 4 is 46.3 Å². The normalized spacial score (nSPS) is 14.7. The molecule has 0 aliphatic carbocycles. The molecule has 226 valence electrons. The van der Waals surface area contributed by atoms with Crippen LogP contribution in [0.2, 0.25) is 0 Å². The van der Waals surface area contributed by atoms with E-state index in [1.807, 2.05) is 23.5 Å². The molecule has 2 heterocycles. The second-order valence-electron chi connectivity index (χ2n) is 11.7. The second-order valence-corrected chi connectivity index (χ2v) is 13.9. The van der Waals surface area contributed by atoms with Gasteiger partial charge in [-0.2, -0.15) is 0 Å². The highest BCUT2D eigenvalue weighted by Crippen LogP contribution is 2.49. The predicted octanol–water partition coefficient (Wildman–Crippen LogP) is 9.51. The van der Waals surface area contributed by atoms with Crippen LogP contribution in [0.4, 0.5) is 22.7 Å². The van der Waals surface area contributed by atoms with E-state index in [4.69, 9.17) is 0 Å². The van der Waals surface area contributed by atoms with Crippen molar-refractivity contribution in [1.29, 1.82) is 0 Å². The number of rotatable bonds is 9. The first-order chi connectivity index (χ1) is 20.9. The van der Waals surface area contributed by atoms with E-state index >= 15 is 0 Å². The molecule has 6 heteroatoms. The lowest BCUT2D eigenvalue weighted by Gasteiger charge is -2.37. The van der Waals surface area contributed by atoms with Gasteiger partial charge in [0.25, 0.3) is 0 Å². The Morgan fingerprint density at radius 3 is 1.26 bits per heavy atom. The van der Waals surface area contributed by atoms with Gasteiger partial charge in [-0.05, 0) is 88.6 Å². The first-order valence-corrected chi connectivity index (χ1v) is 17.2. The van der Waals surface area contributed by atoms with Crippen LogP contribution in [-0.4, -0.2) is 62.7 Å². The van der Waals surface area contributed by atoms with Crippen LogP contribution in [0.5, 0.6) is 0 Å². The largest absolute Gasteiger partial charge is 0.339 e. The molecule has 2 aliphatic rings. The van der Waals surface area contributed by atoms with Crippen molar-refractivity contribution in [2.45, 2.75) is 53.3 Å². The number of hydrogen-bond acceptors (Lipinski definition) is 6. The lowest BCUT2D eigenvalue weighted by atomic mass is 10.1. The zero-order valence-electron chi connectivity index (χ0n) is 26.5. The number of benzene rings is 4. The van der Waals surface area contributed by atoms with Crippen LogP contribution < -0.4 is 9.80 Å². The van der Waals surface area contributed by atoms with Crippen molar-refractivity contribution in [1.82, 2.24) is 9.80 Å². The lowest BCUT2D eigenvalue weighted by molar-refractivity contribution is 0.236. The third-order valence-electron chi connectivity index (χ3n) is 8.12. The fourth-order valence-electron chi connectivity index (χ4n) is 6.18.